The Morgan fingerprint density at radius 2 is 2.38 bits per heavy atom. The fourth-order valence-corrected chi connectivity index (χ4v) is 1.69. The van der Waals surface area contributed by atoms with Crippen LogP contribution in [0.1, 0.15) is 19.0 Å². The molecule has 0 radical (unpaired) electrons. The fourth-order valence-electron chi connectivity index (χ4n) is 1.69. The zero-order valence-corrected chi connectivity index (χ0v) is 10.1. The van der Waals surface area contributed by atoms with E-state index in [2.05, 4.69) is 35.1 Å². The molecule has 4 heteroatoms. The summed E-state index contributed by atoms with van der Waals surface area (Å²) in [4.78, 5) is 0. The molecule has 0 saturated carbocycles. The summed E-state index contributed by atoms with van der Waals surface area (Å²) in [5, 5.41) is 12.7. The summed E-state index contributed by atoms with van der Waals surface area (Å²) in [5.41, 5.74) is 1.26. The average Bonchev–Trinajstić information content (AvgIpc) is 2.67. The number of aryl methyl sites for hydroxylation is 1. The lowest BCUT2D eigenvalue weighted by molar-refractivity contribution is 0.0643. The molecule has 0 spiro atoms. The van der Waals surface area contributed by atoms with Crippen molar-refractivity contribution in [3.8, 4) is 0 Å². The van der Waals surface area contributed by atoms with Gasteiger partial charge in [0.1, 0.15) is 0 Å². The molecule has 0 aliphatic rings. The van der Waals surface area contributed by atoms with Crippen LogP contribution in [-0.2, 0) is 17.8 Å². The largest absolute Gasteiger partial charge is 0.389 e. The lowest BCUT2D eigenvalue weighted by Gasteiger charge is -2.12. The number of hydrogen-bond donors (Lipinski definition) is 2. The van der Waals surface area contributed by atoms with Crippen LogP contribution in [0.25, 0.3) is 0 Å². The average molecular weight is 226 g/mol. The van der Waals surface area contributed by atoms with Crippen molar-refractivity contribution < 1.29 is 9.84 Å². The van der Waals surface area contributed by atoms with Crippen molar-refractivity contribution in [2.75, 3.05) is 20.3 Å². The quantitative estimate of drug-likeness (QED) is 0.695. The predicted octanol–water partition coefficient (Wildman–Crippen LogP) is 0.995. The van der Waals surface area contributed by atoms with Crippen LogP contribution in [0.4, 0.5) is 0 Å². The van der Waals surface area contributed by atoms with Gasteiger partial charge in [0.2, 0.25) is 0 Å². The molecule has 4 nitrogen and oxygen atoms in total. The maximum Gasteiger partial charge on any atom is 0.0897 e. The molecule has 1 atom stereocenters. The van der Waals surface area contributed by atoms with E-state index in [-0.39, 0.29) is 0 Å². The standard InChI is InChI=1S/C12H22N2O2/c1-3-6-14-7-4-5-11(14)8-13-9-12(15)10-16-2/h4-5,7,12-13,15H,3,6,8-10H2,1-2H3. The van der Waals surface area contributed by atoms with E-state index < -0.39 is 6.10 Å². The van der Waals surface area contributed by atoms with Gasteiger partial charge in [0.25, 0.3) is 0 Å². The number of aromatic nitrogens is 1. The van der Waals surface area contributed by atoms with Crippen molar-refractivity contribution in [2.24, 2.45) is 0 Å². The molecule has 0 bridgehead atoms. The molecule has 1 unspecified atom stereocenters. The van der Waals surface area contributed by atoms with Gasteiger partial charge in [-0.3, -0.25) is 0 Å². The highest BCUT2D eigenvalue weighted by atomic mass is 16.5. The molecule has 2 N–H and O–H groups in total. The van der Waals surface area contributed by atoms with Crippen LogP contribution in [0.15, 0.2) is 18.3 Å². The van der Waals surface area contributed by atoms with E-state index in [9.17, 15) is 5.11 Å². The molecular weight excluding hydrogens is 204 g/mol. The first-order chi connectivity index (χ1) is 7.77. The monoisotopic (exact) mass is 226 g/mol. The summed E-state index contributed by atoms with van der Waals surface area (Å²) >= 11 is 0. The van der Waals surface area contributed by atoms with Gasteiger partial charge in [-0.1, -0.05) is 6.92 Å². The van der Waals surface area contributed by atoms with Crippen molar-refractivity contribution in [1.29, 1.82) is 0 Å². The number of aliphatic hydroxyl groups is 1. The van der Waals surface area contributed by atoms with E-state index in [1.807, 2.05) is 0 Å². The molecule has 0 aliphatic carbocycles. The minimum absolute atomic E-state index is 0.378. The third-order valence-corrected chi connectivity index (χ3v) is 2.43. The molecule has 16 heavy (non-hydrogen) atoms. The maximum atomic E-state index is 9.46. The first-order valence-corrected chi connectivity index (χ1v) is 5.79. The van der Waals surface area contributed by atoms with Crippen LogP contribution >= 0.6 is 0 Å². The Morgan fingerprint density at radius 1 is 1.56 bits per heavy atom. The van der Waals surface area contributed by atoms with Gasteiger partial charge >= 0.3 is 0 Å². The molecule has 0 fully saturated rings. The Labute approximate surface area is 97.2 Å². The van der Waals surface area contributed by atoms with Gasteiger partial charge in [-0.25, -0.2) is 0 Å². The predicted molar refractivity (Wildman–Crippen MR) is 64.3 cm³/mol. The Balaban J connectivity index is 2.28. The van der Waals surface area contributed by atoms with Crippen molar-refractivity contribution in [1.82, 2.24) is 9.88 Å². The van der Waals surface area contributed by atoms with Gasteiger partial charge in [0.15, 0.2) is 0 Å². The number of nitrogens with zero attached hydrogens (tertiary/aromatic N) is 1. The minimum Gasteiger partial charge on any atom is -0.389 e. The molecule has 0 aromatic carbocycles. The van der Waals surface area contributed by atoms with Gasteiger partial charge in [-0.05, 0) is 18.6 Å². The normalized spacial score (nSPS) is 12.9. The third kappa shape index (κ3) is 4.35. The summed E-state index contributed by atoms with van der Waals surface area (Å²) in [5.74, 6) is 0. The number of aliphatic hydroxyl groups excluding tert-OH is 1. The first-order valence-electron chi connectivity index (χ1n) is 5.79. The second-order valence-corrected chi connectivity index (χ2v) is 3.93. The summed E-state index contributed by atoms with van der Waals surface area (Å²) in [7, 11) is 1.59. The van der Waals surface area contributed by atoms with Crippen LogP contribution in [0.2, 0.25) is 0 Å². The maximum absolute atomic E-state index is 9.46. The van der Waals surface area contributed by atoms with Crippen molar-refractivity contribution in [3.05, 3.63) is 24.0 Å². The van der Waals surface area contributed by atoms with E-state index in [0.29, 0.717) is 13.2 Å². The number of methoxy groups -OCH3 is 1. The number of ether oxygens (including phenoxy) is 1. The minimum atomic E-state index is -0.431. The Kier molecular flexibility index (Phi) is 6.15. The third-order valence-electron chi connectivity index (χ3n) is 2.43. The lowest BCUT2D eigenvalue weighted by Crippen LogP contribution is -2.30. The summed E-state index contributed by atoms with van der Waals surface area (Å²) < 4.78 is 7.09. The zero-order chi connectivity index (χ0) is 11.8. The van der Waals surface area contributed by atoms with Crippen LogP contribution in [-0.4, -0.2) is 36.0 Å². The number of rotatable bonds is 8. The highest BCUT2D eigenvalue weighted by molar-refractivity contribution is 5.06. The highest BCUT2D eigenvalue weighted by Gasteiger charge is 2.04. The van der Waals surface area contributed by atoms with Gasteiger partial charge < -0.3 is 19.7 Å². The Hall–Kier alpha value is -0.840. The Morgan fingerprint density at radius 3 is 3.06 bits per heavy atom. The summed E-state index contributed by atoms with van der Waals surface area (Å²) in [6, 6.07) is 4.16. The van der Waals surface area contributed by atoms with Crippen LogP contribution < -0.4 is 5.32 Å². The van der Waals surface area contributed by atoms with E-state index >= 15 is 0 Å². The van der Waals surface area contributed by atoms with Crippen molar-refractivity contribution in [2.45, 2.75) is 32.5 Å². The van der Waals surface area contributed by atoms with Gasteiger partial charge in [-0.15, -0.1) is 0 Å². The second-order valence-electron chi connectivity index (χ2n) is 3.93. The van der Waals surface area contributed by atoms with Gasteiger partial charge in [-0.2, -0.15) is 0 Å². The highest BCUT2D eigenvalue weighted by Crippen LogP contribution is 2.03. The molecule has 1 heterocycles. The number of hydrogen-bond acceptors (Lipinski definition) is 3. The molecular formula is C12H22N2O2. The van der Waals surface area contributed by atoms with E-state index in [1.54, 1.807) is 7.11 Å². The van der Waals surface area contributed by atoms with E-state index in [4.69, 9.17) is 4.74 Å². The van der Waals surface area contributed by atoms with Crippen LogP contribution in [0.3, 0.4) is 0 Å². The van der Waals surface area contributed by atoms with E-state index in [1.165, 1.54) is 5.69 Å². The van der Waals surface area contributed by atoms with Gasteiger partial charge in [0.05, 0.1) is 12.7 Å². The topological polar surface area (TPSA) is 46.4 Å². The summed E-state index contributed by atoms with van der Waals surface area (Å²) in [6.45, 7) is 4.94. The molecule has 0 saturated heterocycles. The fraction of sp³-hybridized carbons (Fsp3) is 0.667. The molecule has 1 rings (SSSR count). The summed E-state index contributed by atoms with van der Waals surface area (Å²) in [6.07, 6.45) is 2.79. The molecule has 1 aromatic rings. The molecule has 92 valence electrons. The van der Waals surface area contributed by atoms with Crippen molar-refractivity contribution >= 4 is 0 Å². The lowest BCUT2D eigenvalue weighted by atomic mass is 10.3. The molecule has 0 aliphatic heterocycles. The second kappa shape index (κ2) is 7.44. The van der Waals surface area contributed by atoms with Crippen LogP contribution in [0, 0.1) is 0 Å². The van der Waals surface area contributed by atoms with Crippen molar-refractivity contribution in [3.63, 3.8) is 0 Å². The molecule has 0 amide bonds. The SMILES string of the molecule is CCCn1cccc1CNCC(O)COC. The number of nitrogens with one attached hydrogen (secondary N) is 1. The van der Waals surface area contributed by atoms with E-state index in [0.717, 1.165) is 19.5 Å². The Bertz CT molecular complexity index is 286. The van der Waals surface area contributed by atoms with Gasteiger partial charge in [0, 0.05) is 38.6 Å². The van der Waals surface area contributed by atoms with Crippen LogP contribution in [0.5, 0.6) is 0 Å². The first kappa shape index (κ1) is 13.2. The smallest absolute Gasteiger partial charge is 0.0897 e. The molecule has 1 aromatic heterocycles. The zero-order valence-electron chi connectivity index (χ0n) is 10.1.